The van der Waals surface area contributed by atoms with Crippen molar-refractivity contribution in [2.45, 2.75) is 20.3 Å². The number of hydrogen-bond acceptors (Lipinski definition) is 4. The highest BCUT2D eigenvalue weighted by atomic mass is 16.5. The van der Waals surface area contributed by atoms with Gasteiger partial charge in [0, 0.05) is 5.57 Å². The van der Waals surface area contributed by atoms with Crippen LogP contribution in [-0.2, 0) is 16.0 Å². The SMILES string of the molecule is C=C(C)C(=O)Oc1ccc(-c2ccc(OC=O)cc2)c(CC)c1. The number of ether oxygens (including phenoxy) is 2. The van der Waals surface area contributed by atoms with E-state index in [1.807, 2.05) is 31.2 Å². The van der Waals surface area contributed by atoms with Crippen LogP contribution < -0.4 is 9.47 Å². The summed E-state index contributed by atoms with van der Waals surface area (Å²) in [6.45, 7) is 7.62. The van der Waals surface area contributed by atoms with E-state index in [2.05, 4.69) is 6.58 Å². The van der Waals surface area contributed by atoms with Crippen molar-refractivity contribution in [3.8, 4) is 22.6 Å². The highest BCUT2D eigenvalue weighted by Crippen LogP contribution is 2.29. The van der Waals surface area contributed by atoms with E-state index in [0.717, 1.165) is 23.1 Å². The Balaban J connectivity index is 2.30. The molecule has 4 heteroatoms. The van der Waals surface area contributed by atoms with Gasteiger partial charge in [-0.2, -0.15) is 0 Å². The third kappa shape index (κ3) is 4.07. The van der Waals surface area contributed by atoms with Crippen LogP contribution in [0.5, 0.6) is 11.5 Å². The summed E-state index contributed by atoms with van der Waals surface area (Å²) in [6, 6.07) is 12.8. The Morgan fingerprint density at radius 3 is 2.35 bits per heavy atom. The third-order valence-electron chi connectivity index (χ3n) is 3.37. The van der Waals surface area contributed by atoms with E-state index in [-0.39, 0.29) is 0 Å². The molecule has 0 fully saturated rings. The summed E-state index contributed by atoms with van der Waals surface area (Å²) < 4.78 is 10.1. The first-order valence-corrected chi connectivity index (χ1v) is 7.26. The molecule has 118 valence electrons. The molecule has 2 rings (SSSR count). The first-order chi connectivity index (χ1) is 11.0. The Morgan fingerprint density at radius 2 is 1.78 bits per heavy atom. The number of hydrogen-bond donors (Lipinski definition) is 0. The molecule has 0 radical (unpaired) electrons. The molecule has 0 unspecified atom stereocenters. The largest absolute Gasteiger partial charge is 0.429 e. The molecule has 0 saturated heterocycles. The van der Waals surface area contributed by atoms with E-state index in [0.29, 0.717) is 23.5 Å². The molecular weight excluding hydrogens is 292 g/mol. The lowest BCUT2D eigenvalue weighted by atomic mass is 9.98. The van der Waals surface area contributed by atoms with Crippen molar-refractivity contribution in [1.29, 1.82) is 0 Å². The summed E-state index contributed by atoms with van der Waals surface area (Å²) in [5, 5.41) is 0. The summed E-state index contributed by atoms with van der Waals surface area (Å²) >= 11 is 0. The summed E-state index contributed by atoms with van der Waals surface area (Å²) in [4.78, 5) is 21.9. The van der Waals surface area contributed by atoms with Gasteiger partial charge in [0.05, 0.1) is 0 Å². The van der Waals surface area contributed by atoms with Gasteiger partial charge in [0.2, 0.25) is 0 Å². The maximum atomic E-state index is 11.6. The second-order valence-electron chi connectivity index (χ2n) is 5.08. The summed E-state index contributed by atoms with van der Waals surface area (Å²) in [6.07, 6.45) is 0.792. The highest BCUT2D eigenvalue weighted by Gasteiger charge is 2.09. The Bertz CT molecular complexity index is 730. The average molecular weight is 310 g/mol. The second-order valence-corrected chi connectivity index (χ2v) is 5.08. The topological polar surface area (TPSA) is 52.6 Å². The Morgan fingerprint density at radius 1 is 1.13 bits per heavy atom. The molecule has 0 spiro atoms. The Hall–Kier alpha value is -2.88. The number of rotatable bonds is 6. The van der Waals surface area contributed by atoms with Crippen LogP contribution in [0.15, 0.2) is 54.6 Å². The molecule has 0 N–H and O–H groups in total. The molecule has 0 aliphatic rings. The number of aryl methyl sites for hydroxylation is 1. The Labute approximate surface area is 135 Å². The van der Waals surface area contributed by atoms with Crippen LogP contribution >= 0.6 is 0 Å². The first-order valence-electron chi connectivity index (χ1n) is 7.26. The van der Waals surface area contributed by atoms with Crippen LogP contribution in [-0.4, -0.2) is 12.4 Å². The van der Waals surface area contributed by atoms with Crippen LogP contribution in [0, 0.1) is 0 Å². The van der Waals surface area contributed by atoms with Crippen LogP contribution in [0.1, 0.15) is 19.4 Å². The number of benzene rings is 2. The van der Waals surface area contributed by atoms with Crippen molar-refractivity contribution < 1.29 is 19.1 Å². The molecule has 2 aromatic rings. The molecule has 0 aromatic heterocycles. The fourth-order valence-corrected chi connectivity index (χ4v) is 2.17. The quantitative estimate of drug-likeness (QED) is 0.351. The maximum absolute atomic E-state index is 11.6. The average Bonchev–Trinajstić information content (AvgIpc) is 2.55. The zero-order valence-electron chi connectivity index (χ0n) is 13.2. The van der Waals surface area contributed by atoms with Gasteiger partial charge in [-0.05, 0) is 54.3 Å². The van der Waals surface area contributed by atoms with E-state index in [9.17, 15) is 9.59 Å². The van der Waals surface area contributed by atoms with Gasteiger partial charge in [-0.25, -0.2) is 4.79 Å². The zero-order chi connectivity index (χ0) is 16.8. The fourth-order valence-electron chi connectivity index (χ4n) is 2.17. The minimum Gasteiger partial charge on any atom is -0.429 e. The van der Waals surface area contributed by atoms with E-state index in [4.69, 9.17) is 9.47 Å². The Kier molecular flexibility index (Phi) is 5.31. The van der Waals surface area contributed by atoms with Crippen LogP contribution in [0.3, 0.4) is 0 Å². The monoisotopic (exact) mass is 310 g/mol. The molecule has 0 atom stereocenters. The third-order valence-corrected chi connectivity index (χ3v) is 3.37. The van der Waals surface area contributed by atoms with Gasteiger partial charge in [0.25, 0.3) is 6.47 Å². The zero-order valence-corrected chi connectivity index (χ0v) is 13.2. The maximum Gasteiger partial charge on any atom is 0.338 e. The van der Waals surface area contributed by atoms with Crippen molar-refractivity contribution in [3.63, 3.8) is 0 Å². The predicted molar refractivity (Wildman–Crippen MR) is 88.4 cm³/mol. The van der Waals surface area contributed by atoms with Gasteiger partial charge < -0.3 is 9.47 Å². The molecule has 0 heterocycles. The van der Waals surface area contributed by atoms with E-state index in [1.54, 1.807) is 25.1 Å². The van der Waals surface area contributed by atoms with Gasteiger partial charge in [-0.15, -0.1) is 0 Å². The molecule has 0 amide bonds. The minimum atomic E-state index is -0.435. The number of carbonyl (C=O) groups is 2. The van der Waals surface area contributed by atoms with Crippen LogP contribution in [0.25, 0.3) is 11.1 Å². The minimum absolute atomic E-state index is 0.359. The normalized spacial score (nSPS) is 10.0. The molecule has 0 bridgehead atoms. The van der Waals surface area contributed by atoms with Crippen molar-refractivity contribution >= 4 is 12.4 Å². The summed E-state index contributed by atoms with van der Waals surface area (Å²) in [5.41, 5.74) is 3.46. The van der Waals surface area contributed by atoms with Crippen molar-refractivity contribution in [2.24, 2.45) is 0 Å². The predicted octanol–water partition coefficient (Wildman–Crippen LogP) is 3.93. The summed E-state index contributed by atoms with van der Waals surface area (Å²) in [7, 11) is 0. The van der Waals surface area contributed by atoms with Gasteiger partial charge in [-0.3, -0.25) is 4.79 Å². The van der Waals surface area contributed by atoms with Crippen LogP contribution in [0.4, 0.5) is 0 Å². The number of esters is 1. The molecule has 2 aromatic carbocycles. The smallest absolute Gasteiger partial charge is 0.338 e. The van der Waals surface area contributed by atoms with Crippen molar-refractivity contribution in [1.82, 2.24) is 0 Å². The molecule has 23 heavy (non-hydrogen) atoms. The molecule has 0 aliphatic carbocycles. The van der Waals surface area contributed by atoms with Crippen molar-refractivity contribution in [2.75, 3.05) is 0 Å². The molecular formula is C19H18O4. The highest BCUT2D eigenvalue weighted by molar-refractivity contribution is 5.89. The molecule has 0 saturated carbocycles. The lowest BCUT2D eigenvalue weighted by molar-refractivity contribution is -0.130. The fraction of sp³-hybridized carbons (Fsp3) is 0.158. The van der Waals surface area contributed by atoms with E-state index < -0.39 is 5.97 Å². The lowest BCUT2D eigenvalue weighted by Gasteiger charge is -2.11. The number of carbonyl (C=O) groups excluding carboxylic acids is 2. The van der Waals surface area contributed by atoms with Crippen molar-refractivity contribution in [3.05, 3.63) is 60.2 Å². The van der Waals surface area contributed by atoms with Gasteiger partial charge in [0.1, 0.15) is 11.5 Å². The van der Waals surface area contributed by atoms with E-state index in [1.165, 1.54) is 0 Å². The second kappa shape index (κ2) is 7.40. The lowest BCUT2D eigenvalue weighted by Crippen LogP contribution is -2.08. The van der Waals surface area contributed by atoms with Gasteiger partial charge in [0.15, 0.2) is 0 Å². The molecule has 4 nitrogen and oxygen atoms in total. The summed E-state index contributed by atoms with van der Waals surface area (Å²) in [5.74, 6) is 0.559. The van der Waals surface area contributed by atoms with Gasteiger partial charge >= 0.3 is 5.97 Å². The van der Waals surface area contributed by atoms with Gasteiger partial charge in [-0.1, -0.05) is 31.7 Å². The van der Waals surface area contributed by atoms with E-state index >= 15 is 0 Å². The standard InChI is InChI=1S/C19H18O4/c1-4-14-11-17(23-19(21)13(2)3)9-10-18(14)15-5-7-16(8-6-15)22-12-20/h5-12H,2,4H2,1,3H3. The first kappa shape index (κ1) is 16.5. The van der Waals surface area contributed by atoms with Crippen LogP contribution in [0.2, 0.25) is 0 Å². The molecule has 0 aliphatic heterocycles.